The molecule has 0 bridgehead atoms. The highest BCUT2D eigenvalue weighted by atomic mass is 16.5. The summed E-state index contributed by atoms with van der Waals surface area (Å²) >= 11 is 0. The molecule has 0 spiro atoms. The van der Waals surface area contributed by atoms with Crippen LogP contribution >= 0.6 is 0 Å². The molecule has 6 heteroatoms. The maximum absolute atomic E-state index is 5.83. The van der Waals surface area contributed by atoms with Crippen LogP contribution in [0.4, 0.5) is 0 Å². The van der Waals surface area contributed by atoms with Crippen LogP contribution in [0.1, 0.15) is 32.6 Å². The predicted molar refractivity (Wildman–Crippen MR) is 88.4 cm³/mol. The summed E-state index contributed by atoms with van der Waals surface area (Å²) in [7, 11) is 2.08. The van der Waals surface area contributed by atoms with E-state index in [0.29, 0.717) is 5.89 Å². The Morgan fingerprint density at radius 2 is 2.00 bits per heavy atom. The molecular formula is C17H24N4O2. The van der Waals surface area contributed by atoms with E-state index in [1.807, 2.05) is 45.0 Å². The Balaban J connectivity index is 1.75. The number of aromatic nitrogens is 2. The van der Waals surface area contributed by atoms with E-state index in [1.165, 1.54) is 0 Å². The highest BCUT2D eigenvalue weighted by Gasteiger charge is 2.25. The van der Waals surface area contributed by atoms with Gasteiger partial charge in [0.2, 0.25) is 0 Å². The molecule has 6 nitrogen and oxygen atoms in total. The van der Waals surface area contributed by atoms with Gasteiger partial charge in [0.05, 0.1) is 6.04 Å². The second-order valence-corrected chi connectivity index (χ2v) is 6.90. The van der Waals surface area contributed by atoms with Gasteiger partial charge in [-0.3, -0.25) is 4.90 Å². The number of benzene rings is 1. The van der Waals surface area contributed by atoms with Gasteiger partial charge >= 0.3 is 0 Å². The number of hydrogen-bond acceptors (Lipinski definition) is 6. The summed E-state index contributed by atoms with van der Waals surface area (Å²) in [4.78, 5) is 6.80. The van der Waals surface area contributed by atoms with Crippen molar-refractivity contribution >= 4 is 0 Å². The van der Waals surface area contributed by atoms with Crippen molar-refractivity contribution < 1.29 is 9.26 Å². The molecule has 0 saturated carbocycles. The van der Waals surface area contributed by atoms with Crippen LogP contribution in [0.15, 0.2) is 28.8 Å². The molecule has 0 aliphatic carbocycles. The fourth-order valence-corrected chi connectivity index (χ4v) is 2.60. The first kappa shape index (κ1) is 16.0. The average molecular weight is 316 g/mol. The Kier molecular flexibility index (Phi) is 4.37. The SMILES string of the molecule is CN1CCNCC1c1noc(-c2ccc(OC(C)(C)C)cc2)n1. The molecule has 23 heavy (non-hydrogen) atoms. The minimum Gasteiger partial charge on any atom is -0.488 e. The first-order valence-corrected chi connectivity index (χ1v) is 7.96. The van der Waals surface area contributed by atoms with Gasteiger partial charge in [0.1, 0.15) is 11.4 Å². The van der Waals surface area contributed by atoms with Crippen LogP contribution in [0, 0.1) is 0 Å². The number of nitrogens with zero attached hydrogens (tertiary/aromatic N) is 3. The van der Waals surface area contributed by atoms with Crippen LogP contribution in [0.3, 0.4) is 0 Å². The van der Waals surface area contributed by atoms with Crippen molar-refractivity contribution in [2.24, 2.45) is 0 Å². The van der Waals surface area contributed by atoms with E-state index in [2.05, 4.69) is 27.4 Å². The molecule has 1 unspecified atom stereocenters. The zero-order chi connectivity index (χ0) is 16.4. The lowest BCUT2D eigenvalue weighted by Crippen LogP contribution is -2.44. The van der Waals surface area contributed by atoms with Crippen molar-refractivity contribution in [1.29, 1.82) is 0 Å². The largest absolute Gasteiger partial charge is 0.488 e. The second-order valence-electron chi connectivity index (χ2n) is 6.90. The molecule has 1 aliphatic heterocycles. The molecule has 1 N–H and O–H groups in total. The molecule has 1 fully saturated rings. The number of nitrogens with one attached hydrogen (secondary N) is 1. The Labute approximate surface area is 136 Å². The predicted octanol–water partition coefficient (Wildman–Crippen LogP) is 2.49. The summed E-state index contributed by atoms with van der Waals surface area (Å²) < 4.78 is 11.3. The molecule has 0 radical (unpaired) electrons. The maximum Gasteiger partial charge on any atom is 0.257 e. The standard InChI is InChI=1S/C17H24N4O2/c1-17(2,3)22-13-7-5-12(6-8-13)16-19-15(20-23-16)14-11-18-9-10-21(14)4/h5-8,14,18H,9-11H2,1-4H3. The molecule has 0 amide bonds. The van der Waals surface area contributed by atoms with Gasteiger partial charge in [0.25, 0.3) is 5.89 Å². The van der Waals surface area contributed by atoms with Crippen LogP contribution in [-0.2, 0) is 0 Å². The third-order valence-electron chi connectivity index (χ3n) is 3.78. The van der Waals surface area contributed by atoms with Gasteiger partial charge in [-0.25, -0.2) is 0 Å². The molecule has 1 saturated heterocycles. The maximum atomic E-state index is 5.83. The molecule has 2 aromatic rings. The van der Waals surface area contributed by atoms with Crippen LogP contribution < -0.4 is 10.1 Å². The van der Waals surface area contributed by atoms with E-state index in [0.717, 1.165) is 36.8 Å². The lowest BCUT2D eigenvalue weighted by atomic mass is 10.1. The Morgan fingerprint density at radius 1 is 1.26 bits per heavy atom. The summed E-state index contributed by atoms with van der Waals surface area (Å²) in [6.07, 6.45) is 0. The van der Waals surface area contributed by atoms with Gasteiger partial charge in [-0.05, 0) is 52.1 Å². The number of rotatable bonds is 3. The van der Waals surface area contributed by atoms with Crippen LogP contribution in [0.5, 0.6) is 5.75 Å². The van der Waals surface area contributed by atoms with E-state index in [-0.39, 0.29) is 11.6 Å². The topological polar surface area (TPSA) is 63.4 Å². The third-order valence-corrected chi connectivity index (χ3v) is 3.78. The Bertz CT molecular complexity index is 645. The van der Waals surface area contributed by atoms with Crippen molar-refractivity contribution in [3.8, 4) is 17.2 Å². The van der Waals surface area contributed by atoms with Crippen molar-refractivity contribution in [2.75, 3.05) is 26.7 Å². The lowest BCUT2D eigenvalue weighted by Gasteiger charge is -2.30. The molecule has 1 aromatic heterocycles. The molecule has 3 rings (SSSR count). The third kappa shape index (κ3) is 3.89. The second kappa shape index (κ2) is 6.29. The summed E-state index contributed by atoms with van der Waals surface area (Å²) in [6.45, 7) is 8.90. The molecule has 124 valence electrons. The van der Waals surface area contributed by atoms with Crippen molar-refractivity contribution in [2.45, 2.75) is 32.4 Å². The minimum atomic E-state index is -0.211. The fraction of sp³-hybridized carbons (Fsp3) is 0.529. The molecule has 1 atom stereocenters. The Morgan fingerprint density at radius 3 is 2.65 bits per heavy atom. The first-order chi connectivity index (χ1) is 10.9. The van der Waals surface area contributed by atoms with Crippen LogP contribution in [-0.4, -0.2) is 47.3 Å². The average Bonchev–Trinajstić information content (AvgIpc) is 2.96. The smallest absolute Gasteiger partial charge is 0.257 e. The molecular weight excluding hydrogens is 292 g/mol. The van der Waals surface area contributed by atoms with Gasteiger partial charge in [-0.15, -0.1) is 0 Å². The fourth-order valence-electron chi connectivity index (χ4n) is 2.60. The van der Waals surface area contributed by atoms with E-state index in [4.69, 9.17) is 9.26 Å². The molecule has 1 aromatic carbocycles. The number of hydrogen-bond donors (Lipinski definition) is 1. The zero-order valence-electron chi connectivity index (χ0n) is 14.2. The quantitative estimate of drug-likeness (QED) is 0.938. The van der Waals surface area contributed by atoms with Gasteiger partial charge in [0, 0.05) is 25.2 Å². The normalized spacial score (nSPS) is 19.7. The lowest BCUT2D eigenvalue weighted by molar-refractivity contribution is 0.131. The zero-order valence-corrected chi connectivity index (χ0v) is 14.2. The van der Waals surface area contributed by atoms with E-state index in [9.17, 15) is 0 Å². The van der Waals surface area contributed by atoms with E-state index < -0.39 is 0 Å². The first-order valence-electron chi connectivity index (χ1n) is 7.96. The van der Waals surface area contributed by atoms with Gasteiger partial charge in [-0.1, -0.05) is 5.16 Å². The summed E-state index contributed by atoms with van der Waals surface area (Å²) in [5, 5.41) is 7.51. The highest BCUT2D eigenvalue weighted by Crippen LogP contribution is 2.25. The monoisotopic (exact) mass is 316 g/mol. The van der Waals surface area contributed by atoms with Crippen molar-refractivity contribution in [3.05, 3.63) is 30.1 Å². The number of piperazine rings is 1. The van der Waals surface area contributed by atoms with E-state index in [1.54, 1.807) is 0 Å². The van der Waals surface area contributed by atoms with Crippen LogP contribution in [0.2, 0.25) is 0 Å². The Hall–Kier alpha value is -1.92. The van der Waals surface area contributed by atoms with Crippen molar-refractivity contribution in [3.63, 3.8) is 0 Å². The van der Waals surface area contributed by atoms with Gasteiger partial charge in [-0.2, -0.15) is 4.98 Å². The van der Waals surface area contributed by atoms with Gasteiger partial charge < -0.3 is 14.6 Å². The summed E-state index contributed by atoms with van der Waals surface area (Å²) in [6, 6.07) is 7.91. The number of likely N-dealkylation sites (N-methyl/N-ethyl adjacent to an activating group) is 1. The van der Waals surface area contributed by atoms with Crippen molar-refractivity contribution in [1.82, 2.24) is 20.4 Å². The van der Waals surface area contributed by atoms with Crippen LogP contribution in [0.25, 0.3) is 11.5 Å². The minimum absolute atomic E-state index is 0.157. The molecule has 2 heterocycles. The molecule has 1 aliphatic rings. The summed E-state index contributed by atoms with van der Waals surface area (Å²) in [5.74, 6) is 2.10. The summed E-state index contributed by atoms with van der Waals surface area (Å²) in [5.41, 5.74) is 0.689. The van der Waals surface area contributed by atoms with Gasteiger partial charge in [0.15, 0.2) is 5.82 Å². The number of ether oxygens (including phenoxy) is 1. The highest BCUT2D eigenvalue weighted by molar-refractivity contribution is 5.54. The van der Waals surface area contributed by atoms with E-state index >= 15 is 0 Å².